The fourth-order valence-electron chi connectivity index (χ4n) is 3.46. The van der Waals surface area contributed by atoms with Crippen molar-refractivity contribution >= 4 is 46.6 Å². The Hall–Kier alpha value is -3.03. The maximum absolute atomic E-state index is 13.1. The van der Waals surface area contributed by atoms with E-state index in [1.165, 1.54) is 4.90 Å². The van der Waals surface area contributed by atoms with Gasteiger partial charge in [0.2, 0.25) is 0 Å². The molecule has 6 nitrogen and oxygen atoms in total. The molecule has 2 aromatic carbocycles. The molecule has 0 radical (unpaired) electrons. The van der Waals surface area contributed by atoms with Crippen molar-refractivity contribution in [1.82, 2.24) is 5.32 Å². The van der Waals surface area contributed by atoms with E-state index in [4.69, 9.17) is 17.0 Å². The molecule has 0 aromatic heterocycles. The van der Waals surface area contributed by atoms with Crippen molar-refractivity contribution in [3.05, 3.63) is 65.2 Å². The Morgan fingerprint density at radius 1 is 1.03 bits per heavy atom. The Morgan fingerprint density at radius 3 is 2.45 bits per heavy atom. The first-order chi connectivity index (χ1) is 14.0. The smallest absolute Gasteiger partial charge is 0.270 e. The number of nitrogens with zero attached hydrogens (tertiary/aromatic N) is 2. The average molecular weight is 407 g/mol. The molecule has 29 heavy (non-hydrogen) atoms. The number of para-hydroxylation sites is 1. The highest BCUT2D eigenvalue weighted by molar-refractivity contribution is 7.80. The van der Waals surface area contributed by atoms with Crippen LogP contribution in [0.5, 0.6) is 0 Å². The molecule has 2 aromatic rings. The van der Waals surface area contributed by atoms with E-state index in [0.717, 1.165) is 43.1 Å². The van der Waals surface area contributed by atoms with Crippen molar-refractivity contribution in [2.24, 2.45) is 0 Å². The number of morpholine rings is 1. The lowest BCUT2D eigenvalue weighted by Gasteiger charge is -2.30. The topological polar surface area (TPSA) is 61.9 Å². The summed E-state index contributed by atoms with van der Waals surface area (Å²) >= 11 is 5.23. The SMILES string of the molecule is Cc1cc(N2CCOCC2)ccc1/C=C1\C(=O)NC(=S)N(c2ccccc2)C1=O. The molecule has 2 aliphatic rings. The van der Waals surface area contributed by atoms with Crippen LogP contribution in [0.2, 0.25) is 0 Å². The number of anilines is 2. The van der Waals surface area contributed by atoms with E-state index in [1.807, 2.05) is 37.3 Å². The van der Waals surface area contributed by atoms with Crippen molar-refractivity contribution in [3.63, 3.8) is 0 Å². The predicted molar refractivity (Wildman–Crippen MR) is 117 cm³/mol. The summed E-state index contributed by atoms with van der Waals surface area (Å²) in [6, 6.07) is 15.1. The van der Waals surface area contributed by atoms with Crippen molar-refractivity contribution < 1.29 is 14.3 Å². The first kappa shape index (κ1) is 19.3. The van der Waals surface area contributed by atoms with Crippen LogP contribution in [0, 0.1) is 6.92 Å². The highest BCUT2D eigenvalue weighted by atomic mass is 32.1. The van der Waals surface area contributed by atoms with Gasteiger partial charge < -0.3 is 9.64 Å². The molecule has 148 valence electrons. The third-order valence-electron chi connectivity index (χ3n) is 5.05. The summed E-state index contributed by atoms with van der Waals surface area (Å²) in [6.45, 7) is 5.11. The number of benzene rings is 2. The van der Waals surface area contributed by atoms with Crippen molar-refractivity contribution in [2.45, 2.75) is 6.92 Å². The normalized spacial score (nSPS) is 18.9. The Bertz CT molecular complexity index is 998. The van der Waals surface area contributed by atoms with E-state index in [0.29, 0.717) is 5.69 Å². The summed E-state index contributed by atoms with van der Waals surface area (Å²) in [7, 11) is 0. The fourth-order valence-corrected chi connectivity index (χ4v) is 3.75. The first-order valence-corrected chi connectivity index (χ1v) is 9.85. The van der Waals surface area contributed by atoms with Crippen molar-refractivity contribution in [1.29, 1.82) is 0 Å². The van der Waals surface area contributed by atoms with Crippen LogP contribution < -0.4 is 15.1 Å². The van der Waals surface area contributed by atoms with Gasteiger partial charge in [0, 0.05) is 18.8 Å². The van der Waals surface area contributed by atoms with E-state index in [9.17, 15) is 9.59 Å². The molecule has 2 saturated heterocycles. The Balaban J connectivity index is 1.65. The van der Waals surface area contributed by atoms with Gasteiger partial charge in [0.1, 0.15) is 5.57 Å². The summed E-state index contributed by atoms with van der Waals surface area (Å²) in [6.07, 6.45) is 1.63. The van der Waals surface area contributed by atoms with Gasteiger partial charge >= 0.3 is 0 Å². The number of rotatable bonds is 3. The maximum atomic E-state index is 13.1. The molecule has 2 aliphatic heterocycles. The number of hydrogen-bond acceptors (Lipinski definition) is 5. The average Bonchev–Trinajstić information content (AvgIpc) is 2.73. The van der Waals surface area contributed by atoms with Gasteiger partial charge in [-0.15, -0.1) is 0 Å². The number of amides is 2. The second-order valence-electron chi connectivity index (χ2n) is 6.93. The van der Waals surface area contributed by atoms with Crippen LogP contribution in [0.1, 0.15) is 11.1 Å². The molecule has 0 unspecified atom stereocenters. The van der Waals surface area contributed by atoms with E-state index >= 15 is 0 Å². The number of thiocarbonyl (C=S) groups is 1. The minimum Gasteiger partial charge on any atom is -0.378 e. The molecule has 0 bridgehead atoms. The molecule has 2 amide bonds. The van der Waals surface area contributed by atoms with Gasteiger partial charge in [-0.05, 0) is 60.6 Å². The molecule has 7 heteroatoms. The molecule has 2 heterocycles. The summed E-state index contributed by atoms with van der Waals surface area (Å²) in [5.74, 6) is -0.912. The monoisotopic (exact) mass is 407 g/mol. The summed E-state index contributed by atoms with van der Waals surface area (Å²) in [4.78, 5) is 29.2. The summed E-state index contributed by atoms with van der Waals surface area (Å²) in [5, 5.41) is 2.70. The quantitative estimate of drug-likeness (QED) is 0.482. The lowest BCUT2D eigenvalue weighted by molar-refractivity contribution is -0.122. The van der Waals surface area contributed by atoms with E-state index < -0.39 is 11.8 Å². The van der Waals surface area contributed by atoms with Gasteiger partial charge in [-0.1, -0.05) is 24.3 Å². The van der Waals surface area contributed by atoms with Crippen LogP contribution in [-0.4, -0.2) is 43.2 Å². The number of aryl methyl sites for hydroxylation is 1. The number of carbonyl (C=O) groups is 2. The molecule has 0 aliphatic carbocycles. The molecular formula is C22H21N3O3S. The van der Waals surface area contributed by atoms with Crippen LogP contribution in [0.4, 0.5) is 11.4 Å². The lowest BCUT2D eigenvalue weighted by atomic mass is 10.0. The first-order valence-electron chi connectivity index (χ1n) is 9.44. The van der Waals surface area contributed by atoms with E-state index in [2.05, 4.69) is 16.3 Å². The van der Waals surface area contributed by atoms with Crippen LogP contribution >= 0.6 is 12.2 Å². The van der Waals surface area contributed by atoms with E-state index in [1.54, 1.807) is 18.2 Å². The Morgan fingerprint density at radius 2 is 1.76 bits per heavy atom. The number of hydrogen-bond donors (Lipinski definition) is 1. The molecule has 2 fully saturated rings. The van der Waals surface area contributed by atoms with Gasteiger partial charge in [0.05, 0.1) is 18.9 Å². The highest BCUT2D eigenvalue weighted by Gasteiger charge is 2.34. The maximum Gasteiger partial charge on any atom is 0.270 e. The highest BCUT2D eigenvalue weighted by Crippen LogP contribution is 2.25. The zero-order valence-corrected chi connectivity index (χ0v) is 16.9. The second-order valence-corrected chi connectivity index (χ2v) is 7.32. The zero-order valence-electron chi connectivity index (χ0n) is 16.1. The van der Waals surface area contributed by atoms with Crippen LogP contribution in [0.25, 0.3) is 6.08 Å². The third kappa shape index (κ3) is 3.92. The number of carbonyl (C=O) groups excluding carboxylic acids is 2. The fraction of sp³-hybridized carbons (Fsp3) is 0.227. The number of ether oxygens (including phenoxy) is 1. The molecular weight excluding hydrogens is 386 g/mol. The minimum absolute atomic E-state index is 0.0599. The van der Waals surface area contributed by atoms with Gasteiger partial charge in [0.25, 0.3) is 11.8 Å². The lowest BCUT2D eigenvalue weighted by Crippen LogP contribution is -2.54. The van der Waals surface area contributed by atoms with Gasteiger partial charge in [-0.25, -0.2) is 0 Å². The largest absolute Gasteiger partial charge is 0.378 e. The van der Waals surface area contributed by atoms with Gasteiger partial charge in [-0.3, -0.25) is 19.8 Å². The van der Waals surface area contributed by atoms with Crippen molar-refractivity contribution in [2.75, 3.05) is 36.1 Å². The molecule has 4 rings (SSSR count). The summed E-state index contributed by atoms with van der Waals surface area (Å²) < 4.78 is 5.41. The molecule has 0 atom stereocenters. The van der Waals surface area contributed by atoms with E-state index in [-0.39, 0.29) is 10.7 Å². The number of nitrogens with one attached hydrogen (secondary N) is 1. The summed E-state index contributed by atoms with van der Waals surface area (Å²) in [5.41, 5.74) is 3.60. The minimum atomic E-state index is -0.483. The second kappa shape index (κ2) is 8.14. The molecule has 1 N–H and O–H groups in total. The third-order valence-corrected chi connectivity index (χ3v) is 5.33. The Labute approximate surface area is 174 Å². The standard InChI is InChI=1S/C22H21N3O3S/c1-15-13-18(24-9-11-28-12-10-24)8-7-16(15)14-19-20(26)23-22(29)25(21(19)27)17-5-3-2-4-6-17/h2-8,13-14H,9-12H2,1H3,(H,23,26,29)/b19-14+. The van der Waals surface area contributed by atoms with Crippen LogP contribution in [-0.2, 0) is 14.3 Å². The van der Waals surface area contributed by atoms with Gasteiger partial charge in [-0.2, -0.15) is 0 Å². The van der Waals surface area contributed by atoms with Crippen molar-refractivity contribution in [3.8, 4) is 0 Å². The van der Waals surface area contributed by atoms with Crippen LogP contribution in [0.15, 0.2) is 54.1 Å². The molecule has 0 spiro atoms. The predicted octanol–water partition coefficient (Wildman–Crippen LogP) is 2.66. The van der Waals surface area contributed by atoms with Gasteiger partial charge in [0.15, 0.2) is 5.11 Å². The van der Waals surface area contributed by atoms with Crippen LogP contribution in [0.3, 0.4) is 0 Å². The molecule has 0 saturated carbocycles. The Kier molecular flexibility index (Phi) is 5.42. The zero-order chi connectivity index (χ0) is 20.4.